The molecule has 1 saturated heterocycles. The number of rotatable bonds is 5. The highest BCUT2D eigenvalue weighted by Gasteiger charge is 2.17. The van der Waals surface area contributed by atoms with Gasteiger partial charge in [-0.15, -0.1) is 0 Å². The van der Waals surface area contributed by atoms with Gasteiger partial charge in [-0.25, -0.2) is 14.2 Å². The molecule has 1 aliphatic rings. The number of halogens is 1. The number of hydrogen-bond acceptors (Lipinski definition) is 7. The largest absolute Gasteiger partial charge is 0.367 e. The van der Waals surface area contributed by atoms with Gasteiger partial charge in [0.25, 0.3) is 5.91 Å². The lowest BCUT2D eigenvalue weighted by Gasteiger charge is -2.30. The fourth-order valence-corrected chi connectivity index (χ4v) is 3.22. The van der Waals surface area contributed by atoms with Crippen molar-refractivity contribution in [2.24, 2.45) is 0 Å². The number of para-hydroxylation sites is 1. The van der Waals surface area contributed by atoms with E-state index in [9.17, 15) is 14.0 Å². The molecule has 3 amide bonds. The number of nitrogens with one attached hydrogen (secondary N) is 4. The Labute approximate surface area is 183 Å². The van der Waals surface area contributed by atoms with Gasteiger partial charge in [0.2, 0.25) is 0 Å². The quantitative estimate of drug-likeness (QED) is 0.484. The normalized spacial score (nSPS) is 13.3. The summed E-state index contributed by atoms with van der Waals surface area (Å²) in [4.78, 5) is 39.3. The van der Waals surface area contributed by atoms with Gasteiger partial charge in [-0.1, -0.05) is 12.1 Å². The zero-order valence-corrected chi connectivity index (χ0v) is 17.0. The molecule has 0 bridgehead atoms. The highest BCUT2D eigenvalue weighted by Crippen LogP contribution is 2.25. The SMILES string of the molecule is O=C(Nc1cncc(C(=O)Nc2cnccc2N2CCNCC2)n1)Nc1ccccc1F. The van der Waals surface area contributed by atoms with Gasteiger partial charge in [0, 0.05) is 32.4 Å². The summed E-state index contributed by atoms with van der Waals surface area (Å²) in [5.41, 5.74) is 1.44. The summed E-state index contributed by atoms with van der Waals surface area (Å²) in [6.45, 7) is 3.32. The maximum atomic E-state index is 13.7. The minimum Gasteiger partial charge on any atom is -0.367 e. The molecule has 2 aromatic heterocycles. The van der Waals surface area contributed by atoms with Crippen LogP contribution in [0.15, 0.2) is 55.1 Å². The van der Waals surface area contributed by atoms with E-state index in [0.29, 0.717) is 5.69 Å². The van der Waals surface area contributed by atoms with Crippen LogP contribution < -0.4 is 26.2 Å². The second-order valence-corrected chi connectivity index (χ2v) is 6.93. The van der Waals surface area contributed by atoms with Crippen molar-refractivity contribution in [3.63, 3.8) is 0 Å². The van der Waals surface area contributed by atoms with Crippen molar-refractivity contribution < 1.29 is 14.0 Å². The van der Waals surface area contributed by atoms with Crippen LogP contribution in [0.3, 0.4) is 0 Å². The molecular weight excluding hydrogens is 415 g/mol. The Morgan fingerprint density at radius 1 is 0.938 bits per heavy atom. The summed E-state index contributed by atoms with van der Waals surface area (Å²) in [5, 5.41) is 10.9. The van der Waals surface area contributed by atoms with E-state index in [1.54, 1.807) is 18.5 Å². The molecule has 11 heteroatoms. The minimum absolute atomic E-state index is 0.00352. The van der Waals surface area contributed by atoms with Crippen LogP contribution in [0.2, 0.25) is 0 Å². The molecule has 1 aromatic carbocycles. The third-order valence-electron chi connectivity index (χ3n) is 4.73. The van der Waals surface area contributed by atoms with Crippen molar-refractivity contribution in [3.8, 4) is 0 Å². The average Bonchev–Trinajstić information content (AvgIpc) is 2.81. The van der Waals surface area contributed by atoms with Gasteiger partial charge in [0.1, 0.15) is 11.5 Å². The lowest BCUT2D eigenvalue weighted by Crippen LogP contribution is -2.43. The van der Waals surface area contributed by atoms with Crippen molar-refractivity contribution in [1.82, 2.24) is 20.3 Å². The van der Waals surface area contributed by atoms with Gasteiger partial charge in [0.15, 0.2) is 5.82 Å². The number of amides is 3. The van der Waals surface area contributed by atoms with E-state index < -0.39 is 17.8 Å². The van der Waals surface area contributed by atoms with Gasteiger partial charge >= 0.3 is 6.03 Å². The first-order chi connectivity index (χ1) is 15.6. The number of piperazine rings is 1. The summed E-state index contributed by atoms with van der Waals surface area (Å²) < 4.78 is 13.7. The Kier molecular flexibility index (Phi) is 6.46. The molecule has 0 spiro atoms. The van der Waals surface area contributed by atoms with E-state index in [1.807, 2.05) is 6.07 Å². The van der Waals surface area contributed by atoms with E-state index in [0.717, 1.165) is 31.9 Å². The summed E-state index contributed by atoms with van der Waals surface area (Å²) in [6, 6.07) is 6.90. The second kappa shape index (κ2) is 9.79. The number of carbonyl (C=O) groups is 2. The van der Waals surface area contributed by atoms with Crippen LogP contribution >= 0.6 is 0 Å². The number of pyridine rings is 1. The van der Waals surface area contributed by atoms with Crippen LogP contribution in [0.1, 0.15) is 10.5 Å². The number of nitrogens with zero attached hydrogens (tertiary/aromatic N) is 4. The summed E-state index contributed by atoms with van der Waals surface area (Å²) in [5.74, 6) is -1.03. The summed E-state index contributed by atoms with van der Waals surface area (Å²) >= 11 is 0. The number of benzene rings is 1. The molecule has 0 radical (unpaired) electrons. The second-order valence-electron chi connectivity index (χ2n) is 6.93. The number of urea groups is 1. The summed E-state index contributed by atoms with van der Waals surface area (Å²) in [7, 11) is 0. The van der Waals surface area contributed by atoms with Gasteiger partial charge in [-0.05, 0) is 18.2 Å². The molecule has 1 aliphatic heterocycles. The lowest BCUT2D eigenvalue weighted by atomic mass is 10.2. The Bertz CT molecular complexity index is 1120. The van der Waals surface area contributed by atoms with Crippen LogP contribution in [-0.2, 0) is 0 Å². The van der Waals surface area contributed by atoms with Crippen molar-refractivity contribution in [1.29, 1.82) is 0 Å². The predicted octanol–water partition coefficient (Wildman–Crippen LogP) is 2.32. The predicted molar refractivity (Wildman–Crippen MR) is 118 cm³/mol. The zero-order chi connectivity index (χ0) is 22.3. The number of hydrogen-bond donors (Lipinski definition) is 4. The lowest BCUT2D eigenvalue weighted by molar-refractivity contribution is 0.102. The van der Waals surface area contributed by atoms with Crippen molar-refractivity contribution in [2.45, 2.75) is 0 Å². The molecular formula is C21H21FN8O2. The first-order valence-electron chi connectivity index (χ1n) is 9.96. The zero-order valence-electron chi connectivity index (χ0n) is 17.0. The van der Waals surface area contributed by atoms with Crippen LogP contribution in [0, 0.1) is 5.82 Å². The van der Waals surface area contributed by atoms with Crippen LogP contribution in [0.25, 0.3) is 0 Å². The first kappa shape index (κ1) is 21.1. The van der Waals surface area contributed by atoms with E-state index in [4.69, 9.17) is 0 Å². The van der Waals surface area contributed by atoms with Crippen molar-refractivity contribution in [2.75, 3.05) is 47.0 Å². The fourth-order valence-electron chi connectivity index (χ4n) is 3.22. The molecule has 32 heavy (non-hydrogen) atoms. The Morgan fingerprint density at radius 3 is 2.56 bits per heavy atom. The standard InChI is InChI=1S/C21H21FN8O2/c22-14-3-1-2-4-15(14)28-21(32)29-19-13-25-12-17(26-19)20(31)27-16-11-24-6-5-18(16)30-9-7-23-8-10-30/h1-6,11-13,23H,7-10H2,(H,27,31)(H2,26,28,29,32). The molecule has 4 rings (SSSR count). The minimum atomic E-state index is -0.713. The molecule has 0 aliphatic carbocycles. The molecule has 3 aromatic rings. The third-order valence-corrected chi connectivity index (χ3v) is 4.73. The van der Waals surface area contributed by atoms with Gasteiger partial charge in [0.05, 0.1) is 35.7 Å². The maximum absolute atomic E-state index is 13.7. The van der Waals surface area contributed by atoms with Crippen molar-refractivity contribution >= 4 is 34.8 Å². The average molecular weight is 436 g/mol. The number of carbonyl (C=O) groups excluding carboxylic acids is 2. The van der Waals surface area contributed by atoms with E-state index in [2.05, 4.69) is 41.1 Å². The van der Waals surface area contributed by atoms with Gasteiger partial charge in [-0.3, -0.25) is 20.1 Å². The van der Waals surface area contributed by atoms with Crippen molar-refractivity contribution in [3.05, 3.63) is 66.6 Å². The third kappa shape index (κ3) is 5.13. The molecule has 4 N–H and O–H groups in total. The van der Waals surface area contributed by atoms with E-state index >= 15 is 0 Å². The highest BCUT2D eigenvalue weighted by atomic mass is 19.1. The highest BCUT2D eigenvalue weighted by molar-refractivity contribution is 6.05. The molecule has 0 saturated carbocycles. The molecule has 164 valence electrons. The topological polar surface area (TPSA) is 124 Å². The Morgan fingerprint density at radius 2 is 1.75 bits per heavy atom. The Hall–Kier alpha value is -4.12. The monoisotopic (exact) mass is 436 g/mol. The molecule has 0 unspecified atom stereocenters. The first-order valence-corrected chi connectivity index (χ1v) is 9.96. The summed E-state index contributed by atoms with van der Waals surface area (Å²) in [6.07, 6.45) is 5.82. The fraction of sp³-hybridized carbons (Fsp3) is 0.190. The van der Waals surface area contributed by atoms with Crippen LogP contribution in [0.4, 0.5) is 32.1 Å². The molecule has 0 atom stereocenters. The Balaban J connectivity index is 1.44. The number of aromatic nitrogens is 3. The van der Waals surface area contributed by atoms with E-state index in [1.165, 1.54) is 30.6 Å². The smallest absolute Gasteiger partial charge is 0.324 e. The molecule has 1 fully saturated rings. The van der Waals surface area contributed by atoms with Gasteiger partial charge < -0.3 is 20.9 Å². The maximum Gasteiger partial charge on any atom is 0.324 e. The molecule has 3 heterocycles. The van der Waals surface area contributed by atoms with Crippen LogP contribution in [-0.4, -0.2) is 53.1 Å². The van der Waals surface area contributed by atoms with E-state index in [-0.39, 0.29) is 17.2 Å². The van der Waals surface area contributed by atoms with Crippen LogP contribution in [0.5, 0.6) is 0 Å². The molecule has 10 nitrogen and oxygen atoms in total. The number of anilines is 4. The van der Waals surface area contributed by atoms with Gasteiger partial charge in [-0.2, -0.15) is 0 Å².